The quantitative estimate of drug-likeness (QED) is 0.361. The van der Waals surface area contributed by atoms with E-state index in [1.165, 1.54) is 6.29 Å². The minimum absolute atomic E-state index is 0.536. The largest absolute Gasteiger partial charge is 0.550 e. The van der Waals surface area contributed by atoms with Crippen LogP contribution < -0.4 is 5.11 Å². The van der Waals surface area contributed by atoms with Gasteiger partial charge in [0.25, 0.3) is 0 Å². The Balaban J connectivity index is 3.92. The van der Waals surface area contributed by atoms with E-state index < -0.39 is 30.4 Å². The van der Waals surface area contributed by atoms with Crippen LogP contribution in [0.5, 0.6) is 0 Å². The third kappa shape index (κ3) is 6.61. The van der Waals surface area contributed by atoms with E-state index in [0.717, 1.165) is 12.2 Å². The smallest absolute Gasteiger partial charge is 0.225 e. The van der Waals surface area contributed by atoms with Crippen LogP contribution in [0.4, 0.5) is 0 Å². The first-order valence-corrected chi connectivity index (χ1v) is 3.35. The van der Waals surface area contributed by atoms with Gasteiger partial charge in [0.1, 0.15) is 5.78 Å². The van der Waals surface area contributed by atoms with Crippen molar-refractivity contribution in [2.45, 2.75) is 12.8 Å². The zero-order valence-electron chi connectivity index (χ0n) is 6.61. The van der Waals surface area contributed by atoms with Crippen LogP contribution >= 0.6 is 0 Å². The molecular formula is C8H6O5-. The van der Waals surface area contributed by atoms with Crippen LogP contribution in [-0.4, -0.2) is 23.8 Å². The van der Waals surface area contributed by atoms with Crippen LogP contribution in [0.25, 0.3) is 0 Å². The van der Waals surface area contributed by atoms with Gasteiger partial charge in [0.05, 0.1) is 6.42 Å². The number of allylic oxidation sites excluding steroid dienone is 2. The summed E-state index contributed by atoms with van der Waals surface area (Å²) in [5.41, 5.74) is 0. The van der Waals surface area contributed by atoms with Crippen molar-refractivity contribution in [2.75, 3.05) is 0 Å². The number of carboxylic acids is 1. The second-order valence-electron chi connectivity index (χ2n) is 2.18. The molecule has 1 radical (unpaired) electrons. The summed E-state index contributed by atoms with van der Waals surface area (Å²) in [4.78, 5) is 40.8. The Hall–Kier alpha value is -1.78. The predicted octanol–water partition coefficient (Wildman–Crippen LogP) is -1.68. The number of aliphatic carboxylic acids is 1. The monoisotopic (exact) mass is 182 g/mol. The average molecular weight is 182 g/mol. The van der Waals surface area contributed by atoms with Gasteiger partial charge in [-0.25, -0.2) is 0 Å². The summed E-state index contributed by atoms with van der Waals surface area (Å²) in [6.45, 7) is 0. The summed E-state index contributed by atoms with van der Waals surface area (Å²) in [6, 6.07) is 0. The van der Waals surface area contributed by atoms with Crippen LogP contribution in [0.15, 0.2) is 12.2 Å². The lowest BCUT2D eigenvalue weighted by Gasteiger charge is -1.97. The Morgan fingerprint density at radius 1 is 1.23 bits per heavy atom. The summed E-state index contributed by atoms with van der Waals surface area (Å²) in [6.07, 6.45) is 1.67. The Bertz CT molecular complexity index is 264. The fourth-order valence-corrected chi connectivity index (χ4v) is 0.604. The molecule has 0 aliphatic heterocycles. The Morgan fingerprint density at radius 3 is 2.31 bits per heavy atom. The molecule has 0 bridgehead atoms. The summed E-state index contributed by atoms with van der Waals surface area (Å²) in [5.74, 6) is -2.90. The molecule has 0 N–H and O–H groups in total. The van der Waals surface area contributed by atoms with Gasteiger partial charge in [0, 0.05) is 12.4 Å². The molecule has 5 nitrogen and oxygen atoms in total. The van der Waals surface area contributed by atoms with Crippen molar-refractivity contribution in [3.05, 3.63) is 12.2 Å². The predicted molar refractivity (Wildman–Crippen MR) is 39.1 cm³/mol. The SMILES string of the molecule is O=[C]/C=C/C(=O)CC(=O)CC(=O)[O-]. The molecule has 0 saturated carbocycles. The number of rotatable bonds is 6. The highest BCUT2D eigenvalue weighted by Crippen LogP contribution is 1.91. The lowest BCUT2D eigenvalue weighted by atomic mass is 10.1. The molecule has 0 saturated heterocycles. The van der Waals surface area contributed by atoms with Gasteiger partial charge in [-0.05, 0) is 12.2 Å². The summed E-state index contributed by atoms with van der Waals surface area (Å²) in [7, 11) is 0. The number of hydrogen-bond donors (Lipinski definition) is 0. The van der Waals surface area contributed by atoms with E-state index >= 15 is 0 Å². The fraction of sp³-hybridized carbons (Fsp3) is 0.250. The highest BCUT2D eigenvalue weighted by atomic mass is 16.4. The Labute approximate surface area is 74.0 Å². The fourth-order valence-electron chi connectivity index (χ4n) is 0.604. The average Bonchev–Trinajstić information content (AvgIpc) is 1.98. The number of carbonyl (C=O) groups is 3. The van der Waals surface area contributed by atoms with Gasteiger partial charge < -0.3 is 9.90 Å². The van der Waals surface area contributed by atoms with Gasteiger partial charge in [-0.2, -0.15) is 0 Å². The van der Waals surface area contributed by atoms with Crippen molar-refractivity contribution in [3.63, 3.8) is 0 Å². The van der Waals surface area contributed by atoms with Crippen molar-refractivity contribution < 1.29 is 24.3 Å². The second-order valence-corrected chi connectivity index (χ2v) is 2.18. The maximum absolute atomic E-state index is 10.7. The molecule has 0 rings (SSSR count). The number of hydrogen-bond acceptors (Lipinski definition) is 5. The van der Waals surface area contributed by atoms with E-state index in [1.54, 1.807) is 0 Å². The van der Waals surface area contributed by atoms with E-state index in [-0.39, 0.29) is 0 Å². The molecule has 69 valence electrons. The maximum Gasteiger partial charge on any atom is 0.225 e. The zero-order valence-corrected chi connectivity index (χ0v) is 6.61. The van der Waals surface area contributed by atoms with Crippen molar-refractivity contribution in [2.24, 2.45) is 0 Å². The topological polar surface area (TPSA) is 91.3 Å². The lowest BCUT2D eigenvalue weighted by molar-refractivity contribution is -0.304. The maximum atomic E-state index is 10.7. The number of ketones is 2. The van der Waals surface area contributed by atoms with E-state index in [2.05, 4.69) is 0 Å². The van der Waals surface area contributed by atoms with Crippen molar-refractivity contribution in [1.29, 1.82) is 0 Å². The first-order valence-electron chi connectivity index (χ1n) is 3.35. The van der Waals surface area contributed by atoms with E-state index in [0.29, 0.717) is 0 Å². The lowest BCUT2D eigenvalue weighted by Crippen LogP contribution is -2.25. The van der Waals surface area contributed by atoms with Gasteiger partial charge in [0.15, 0.2) is 5.78 Å². The summed E-state index contributed by atoms with van der Waals surface area (Å²) in [5, 5.41) is 9.88. The Morgan fingerprint density at radius 2 is 1.85 bits per heavy atom. The van der Waals surface area contributed by atoms with Crippen LogP contribution in [0.3, 0.4) is 0 Å². The molecule has 0 aromatic rings. The van der Waals surface area contributed by atoms with Gasteiger partial charge in [0.2, 0.25) is 6.29 Å². The number of Topliss-reactive ketones (excluding diaryl/α,β-unsaturated/α-hetero) is 1. The molecule has 0 aromatic carbocycles. The van der Waals surface area contributed by atoms with E-state index in [1.807, 2.05) is 0 Å². The number of carbonyl (C=O) groups excluding carboxylic acids is 4. The molecule has 0 amide bonds. The highest BCUT2D eigenvalue weighted by Gasteiger charge is 2.06. The molecule has 13 heavy (non-hydrogen) atoms. The molecular weight excluding hydrogens is 176 g/mol. The zero-order chi connectivity index (χ0) is 10.3. The van der Waals surface area contributed by atoms with Crippen LogP contribution in [0.1, 0.15) is 12.8 Å². The normalized spacial score (nSPS) is 9.85. The first kappa shape index (κ1) is 11.2. The van der Waals surface area contributed by atoms with Gasteiger partial charge >= 0.3 is 0 Å². The molecule has 0 aromatic heterocycles. The molecule has 0 atom stereocenters. The Kier molecular flexibility index (Phi) is 5.02. The minimum atomic E-state index is -1.52. The van der Waals surface area contributed by atoms with Crippen molar-refractivity contribution in [1.82, 2.24) is 0 Å². The van der Waals surface area contributed by atoms with Gasteiger partial charge in [-0.1, -0.05) is 0 Å². The minimum Gasteiger partial charge on any atom is -0.550 e. The van der Waals surface area contributed by atoms with Crippen molar-refractivity contribution in [3.8, 4) is 0 Å². The third-order valence-electron chi connectivity index (χ3n) is 1.05. The van der Waals surface area contributed by atoms with Crippen molar-refractivity contribution >= 4 is 23.8 Å². The molecule has 0 spiro atoms. The highest BCUT2D eigenvalue weighted by molar-refractivity contribution is 6.09. The van der Waals surface area contributed by atoms with E-state index in [4.69, 9.17) is 0 Å². The second kappa shape index (κ2) is 5.82. The molecule has 5 heteroatoms. The summed E-state index contributed by atoms with van der Waals surface area (Å²) < 4.78 is 0. The number of carboxylic acid groups (broad SMARTS) is 1. The van der Waals surface area contributed by atoms with Crippen LogP contribution in [-0.2, 0) is 19.2 Å². The van der Waals surface area contributed by atoms with Gasteiger partial charge in [-0.3, -0.25) is 14.4 Å². The molecule has 0 unspecified atom stereocenters. The van der Waals surface area contributed by atoms with Crippen LogP contribution in [0, 0.1) is 0 Å². The standard InChI is InChI=1S/C8H7O5/c9-3-1-2-6(10)4-7(11)5-8(12)13/h1-2H,4-5H2,(H,12,13)/p-1/b2-1+. The molecule has 0 aliphatic carbocycles. The molecule has 0 aliphatic rings. The third-order valence-corrected chi connectivity index (χ3v) is 1.05. The molecule has 0 heterocycles. The van der Waals surface area contributed by atoms with E-state index in [9.17, 15) is 24.3 Å². The van der Waals surface area contributed by atoms with Crippen LogP contribution in [0.2, 0.25) is 0 Å². The first-order chi connectivity index (χ1) is 6.06. The van der Waals surface area contributed by atoms with Gasteiger partial charge in [-0.15, -0.1) is 0 Å². The summed E-state index contributed by atoms with van der Waals surface area (Å²) >= 11 is 0. The molecule has 0 fully saturated rings.